The van der Waals surface area contributed by atoms with Crippen LogP contribution in [0, 0.1) is 11.8 Å². The number of nitrogens with one attached hydrogen (secondary N) is 1. The summed E-state index contributed by atoms with van der Waals surface area (Å²) in [5, 5.41) is 13.8. The number of hydrogen-bond donors (Lipinski definition) is 3. The lowest BCUT2D eigenvalue weighted by Crippen LogP contribution is -2.63. The van der Waals surface area contributed by atoms with E-state index in [4.69, 9.17) is 10.5 Å². The third-order valence-electron chi connectivity index (χ3n) is 7.67. The van der Waals surface area contributed by atoms with Gasteiger partial charge in [-0.25, -0.2) is 4.79 Å². The van der Waals surface area contributed by atoms with Crippen LogP contribution >= 0.6 is 0 Å². The van der Waals surface area contributed by atoms with Gasteiger partial charge in [0.25, 0.3) is 5.91 Å². The molecule has 2 rings (SSSR count). The molecule has 0 bridgehead atoms. The summed E-state index contributed by atoms with van der Waals surface area (Å²) >= 11 is 0. The molecule has 9 nitrogen and oxygen atoms in total. The SMILES string of the molecule is CCCC(=O)C(O)[C@H](CC1CCCCC1)N(C(=O)[C@@H](N)Cc1ccccc1)[C@@H](CC(C)C)C(=O)NC(=O)OC(C)(C)C. The topological polar surface area (TPSA) is 139 Å². The first-order valence-corrected chi connectivity index (χ1v) is 15.6. The molecule has 0 heterocycles. The summed E-state index contributed by atoms with van der Waals surface area (Å²) in [5.74, 6) is -1.50. The lowest BCUT2D eigenvalue weighted by molar-refractivity contribution is -0.151. The highest BCUT2D eigenvalue weighted by atomic mass is 16.6. The quantitative estimate of drug-likeness (QED) is 0.281. The number of nitrogens with zero attached hydrogens (tertiary/aromatic N) is 1. The van der Waals surface area contributed by atoms with Crippen LogP contribution in [0.3, 0.4) is 0 Å². The largest absolute Gasteiger partial charge is 0.444 e. The van der Waals surface area contributed by atoms with Crippen LogP contribution in [-0.2, 0) is 25.5 Å². The van der Waals surface area contributed by atoms with E-state index in [0.29, 0.717) is 12.8 Å². The van der Waals surface area contributed by atoms with E-state index in [0.717, 1.165) is 37.7 Å². The maximum Gasteiger partial charge on any atom is 0.414 e. The number of ketones is 1. The molecule has 1 aliphatic carbocycles. The summed E-state index contributed by atoms with van der Waals surface area (Å²) < 4.78 is 5.33. The van der Waals surface area contributed by atoms with Gasteiger partial charge in [-0.3, -0.25) is 19.7 Å². The number of Topliss-reactive ketones (excluding diaryl/α,β-unsaturated/α-hetero) is 1. The van der Waals surface area contributed by atoms with Crippen LogP contribution in [0.15, 0.2) is 30.3 Å². The molecule has 1 saturated carbocycles. The number of hydrogen-bond acceptors (Lipinski definition) is 7. The van der Waals surface area contributed by atoms with E-state index in [1.807, 2.05) is 51.1 Å². The summed E-state index contributed by atoms with van der Waals surface area (Å²) in [6.07, 6.45) is 4.11. The molecule has 1 aromatic carbocycles. The lowest BCUT2D eigenvalue weighted by Gasteiger charge is -2.42. The van der Waals surface area contributed by atoms with Crippen molar-refractivity contribution in [2.45, 2.75) is 136 Å². The Labute approximate surface area is 251 Å². The Morgan fingerprint density at radius 1 is 1.07 bits per heavy atom. The van der Waals surface area contributed by atoms with E-state index >= 15 is 0 Å². The fourth-order valence-electron chi connectivity index (χ4n) is 5.74. The maximum absolute atomic E-state index is 14.3. The molecule has 1 unspecified atom stereocenters. The van der Waals surface area contributed by atoms with Gasteiger partial charge in [-0.2, -0.15) is 0 Å². The van der Waals surface area contributed by atoms with Crippen molar-refractivity contribution in [1.29, 1.82) is 0 Å². The second-order valence-electron chi connectivity index (χ2n) is 13.1. The third-order valence-corrected chi connectivity index (χ3v) is 7.67. The van der Waals surface area contributed by atoms with E-state index in [9.17, 15) is 24.3 Å². The van der Waals surface area contributed by atoms with Crippen LogP contribution in [0.2, 0.25) is 0 Å². The molecule has 1 aliphatic rings. The van der Waals surface area contributed by atoms with Crippen LogP contribution < -0.4 is 11.1 Å². The molecule has 4 N–H and O–H groups in total. The molecular formula is C33H53N3O6. The minimum Gasteiger partial charge on any atom is -0.444 e. The summed E-state index contributed by atoms with van der Waals surface area (Å²) in [6, 6.07) is 6.20. The average molecular weight is 588 g/mol. The van der Waals surface area contributed by atoms with Crippen molar-refractivity contribution < 1.29 is 29.0 Å². The number of carbonyl (C=O) groups excluding carboxylic acids is 4. The number of nitrogens with two attached hydrogens (primary N) is 1. The van der Waals surface area contributed by atoms with E-state index in [-0.39, 0.29) is 36.9 Å². The molecule has 1 aromatic rings. The molecule has 236 valence electrons. The molecule has 3 amide bonds. The lowest BCUT2D eigenvalue weighted by atomic mass is 9.81. The Bertz CT molecular complexity index is 1020. The summed E-state index contributed by atoms with van der Waals surface area (Å²) in [5.41, 5.74) is 6.54. The first kappa shape index (κ1) is 35.4. The average Bonchev–Trinajstić information content (AvgIpc) is 2.91. The van der Waals surface area contributed by atoms with Crippen molar-refractivity contribution in [3.05, 3.63) is 35.9 Å². The minimum atomic E-state index is -1.48. The second kappa shape index (κ2) is 16.8. The molecular weight excluding hydrogens is 534 g/mol. The monoisotopic (exact) mass is 587 g/mol. The van der Waals surface area contributed by atoms with Gasteiger partial charge in [0.2, 0.25) is 5.91 Å². The molecule has 0 aliphatic heterocycles. The smallest absolute Gasteiger partial charge is 0.414 e. The van der Waals surface area contributed by atoms with E-state index in [2.05, 4.69) is 5.32 Å². The van der Waals surface area contributed by atoms with Crippen LogP contribution in [0.5, 0.6) is 0 Å². The fraction of sp³-hybridized carbons (Fsp3) is 0.697. The van der Waals surface area contributed by atoms with Crippen molar-refractivity contribution in [3.8, 4) is 0 Å². The Kier molecular flexibility index (Phi) is 14.1. The number of carbonyl (C=O) groups is 4. The zero-order valence-electron chi connectivity index (χ0n) is 26.4. The molecule has 0 saturated heterocycles. The molecule has 0 spiro atoms. The highest BCUT2D eigenvalue weighted by molar-refractivity contribution is 5.98. The van der Waals surface area contributed by atoms with Crippen molar-refractivity contribution in [1.82, 2.24) is 10.2 Å². The predicted octanol–water partition coefficient (Wildman–Crippen LogP) is 4.92. The molecule has 4 atom stereocenters. The highest BCUT2D eigenvalue weighted by Crippen LogP contribution is 2.32. The number of rotatable bonds is 14. The van der Waals surface area contributed by atoms with E-state index < -0.39 is 47.7 Å². The first-order valence-electron chi connectivity index (χ1n) is 15.6. The number of aliphatic hydroxyl groups excluding tert-OH is 1. The number of alkyl carbamates (subject to hydrolysis) is 1. The maximum atomic E-state index is 14.3. The molecule has 1 fully saturated rings. The van der Waals surface area contributed by atoms with Crippen molar-refractivity contribution >= 4 is 23.7 Å². The van der Waals surface area contributed by atoms with Crippen molar-refractivity contribution in [2.24, 2.45) is 17.6 Å². The molecule has 0 radical (unpaired) electrons. The van der Waals surface area contributed by atoms with Crippen LogP contribution in [0.1, 0.15) is 105 Å². The Balaban J connectivity index is 2.59. The van der Waals surface area contributed by atoms with E-state index in [1.54, 1.807) is 20.8 Å². The zero-order chi connectivity index (χ0) is 31.4. The zero-order valence-corrected chi connectivity index (χ0v) is 26.4. The summed E-state index contributed by atoms with van der Waals surface area (Å²) in [7, 11) is 0. The Morgan fingerprint density at radius 3 is 2.24 bits per heavy atom. The number of amides is 3. The van der Waals surface area contributed by atoms with Crippen molar-refractivity contribution in [2.75, 3.05) is 0 Å². The summed E-state index contributed by atoms with van der Waals surface area (Å²) in [4.78, 5) is 55.3. The van der Waals surface area contributed by atoms with Gasteiger partial charge in [0.1, 0.15) is 17.7 Å². The van der Waals surface area contributed by atoms with Crippen LogP contribution in [-0.4, -0.2) is 63.5 Å². The Hall–Kier alpha value is -2.78. The van der Waals surface area contributed by atoms with E-state index in [1.165, 1.54) is 4.90 Å². The van der Waals surface area contributed by atoms with Gasteiger partial charge in [0.15, 0.2) is 5.78 Å². The standard InChI is InChI=1S/C33H53N3O6/c1-7-14-28(37)29(38)26(21-24-17-12-9-13-18-24)36(31(40)25(34)20-23-15-10-8-11-16-23)27(19-22(2)3)30(39)35-32(41)42-33(4,5)6/h8,10-11,15-16,22,24-27,29,38H,7,9,12-14,17-21,34H2,1-6H3,(H,35,39,41)/t25-,26-,27-,29?/m0/s1. The fourth-order valence-corrected chi connectivity index (χ4v) is 5.74. The minimum absolute atomic E-state index is 0.0566. The summed E-state index contributed by atoms with van der Waals surface area (Å²) in [6.45, 7) is 10.8. The molecule has 42 heavy (non-hydrogen) atoms. The van der Waals surface area contributed by atoms with Gasteiger partial charge in [-0.15, -0.1) is 0 Å². The third kappa shape index (κ3) is 11.5. The van der Waals surface area contributed by atoms with Crippen LogP contribution in [0.25, 0.3) is 0 Å². The van der Waals surface area contributed by atoms with Crippen LogP contribution in [0.4, 0.5) is 4.79 Å². The Morgan fingerprint density at radius 2 is 1.69 bits per heavy atom. The van der Waals surface area contributed by atoms with Gasteiger partial charge >= 0.3 is 6.09 Å². The highest BCUT2D eigenvalue weighted by Gasteiger charge is 2.43. The molecule has 9 heteroatoms. The number of imide groups is 1. The van der Waals surface area contributed by atoms with Gasteiger partial charge in [0.05, 0.1) is 12.1 Å². The van der Waals surface area contributed by atoms with Crippen molar-refractivity contribution in [3.63, 3.8) is 0 Å². The first-order chi connectivity index (χ1) is 19.7. The number of benzene rings is 1. The molecule has 0 aromatic heterocycles. The van der Waals surface area contributed by atoms with Gasteiger partial charge in [0, 0.05) is 6.42 Å². The van der Waals surface area contributed by atoms with Gasteiger partial charge in [-0.1, -0.05) is 83.2 Å². The number of ether oxygens (including phenoxy) is 1. The number of aliphatic hydroxyl groups is 1. The normalized spacial score (nSPS) is 17.2. The second-order valence-corrected chi connectivity index (χ2v) is 13.1. The van der Waals surface area contributed by atoms with Gasteiger partial charge in [-0.05, 0) is 63.9 Å². The van der Waals surface area contributed by atoms with Gasteiger partial charge < -0.3 is 20.5 Å². The predicted molar refractivity (Wildman–Crippen MR) is 163 cm³/mol.